The van der Waals surface area contributed by atoms with Crippen LogP contribution in [0.15, 0.2) is 24.3 Å². The summed E-state index contributed by atoms with van der Waals surface area (Å²) in [4.78, 5) is 14.3. The van der Waals surface area contributed by atoms with E-state index < -0.39 is 11.7 Å². The molecule has 1 atom stereocenters. The van der Waals surface area contributed by atoms with Gasteiger partial charge in [-0.15, -0.1) is 0 Å². The number of aliphatic hydroxyl groups is 1. The Hall–Kier alpha value is -1.59. The van der Waals surface area contributed by atoms with E-state index in [0.29, 0.717) is 6.04 Å². The molecule has 1 amide bonds. The number of likely N-dealkylation sites (tertiary alicyclic amines) is 1. The van der Waals surface area contributed by atoms with Crippen molar-refractivity contribution in [2.45, 2.75) is 64.6 Å². The Bertz CT molecular complexity index is 538. The first-order chi connectivity index (χ1) is 11.4. The third-order valence-corrected chi connectivity index (χ3v) is 4.17. The van der Waals surface area contributed by atoms with Crippen molar-refractivity contribution in [3.8, 4) is 0 Å². The standard InChI is InChI=1S/C19H30N2O3/c1-19(2,3)24-18(23)20-16-8-6-7-15(13-16)14-21-11-5-4-9-17(21)10-12-22/h6-8,13,17,22H,4-5,9-12,14H2,1-3H3,(H,20,23). The second-order valence-electron chi connectivity index (χ2n) is 7.46. The maximum Gasteiger partial charge on any atom is 0.412 e. The minimum atomic E-state index is -0.507. The smallest absolute Gasteiger partial charge is 0.412 e. The van der Waals surface area contributed by atoms with E-state index >= 15 is 0 Å². The molecule has 134 valence electrons. The highest BCUT2D eigenvalue weighted by molar-refractivity contribution is 5.84. The number of benzene rings is 1. The van der Waals surface area contributed by atoms with Crippen LogP contribution in [0.5, 0.6) is 0 Å². The van der Waals surface area contributed by atoms with Gasteiger partial charge in [0.05, 0.1) is 0 Å². The zero-order valence-corrected chi connectivity index (χ0v) is 15.0. The monoisotopic (exact) mass is 334 g/mol. The molecule has 24 heavy (non-hydrogen) atoms. The molecule has 5 heteroatoms. The number of aliphatic hydroxyl groups excluding tert-OH is 1. The Labute approximate surface area is 145 Å². The van der Waals surface area contributed by atoms with E-state index in [1.807, 2.05) is 39.0 Å². The van der Waals surface area contributed by atoms with Crippen molar-refractivity contribution < 1.29 is 14.6 Å². The Balaban J connectivity index is 1.98. The number of ether oxygens (including phenoxy) is 1. The summed E-state index contributed by atoms with van der Waals surface area (Å²) >= 11 is 0. The summed E-state index contributed by atoms with van der Waals surface area (Å²) in [6.07, 6.45) is 3.99. The summed E-state index contributed by atoms with van der Waals surface area (Å²) in [6.45, 7) is 7.69. The Kier molecular flexibility index (Phi) is 6.63. The predicted octanol–water partition coefficient (Wildman–Crippen LogP) is 3.77. The van der Waals surface area contributed by atoms with E-state index in [0.717, 1.165) is 37.2 Å². The van der Waals surface area contributed by atoms with E-state index in [1.165, 1.54) is 12.8 Å². The van der Waals surface area contributed by atoms with Crippen molar-refractivity contribution in [1.82, 2.24) is 4.90 Å². The average Bonchev–Trinajstić information content (AvgIpc) is 2.48. The fraction of sp³-hybridized carbons (Fsp3) is 0.632. The minimum Gasteiger partial charge on any atom is -0.444 e. The van der Waals surface area contributed by atoms with Gasteiger partial charge in [0, 0.05) is 24.9 Å². The molecule has 1 aliphatic rings. The molecule has 5 nitrogen and oxygen atoms in total. The third kappa shape index (κ3) is 6.13. The Morgan fingerprint density at radius 1 is 1.38 bits per heavy atom. The van der Waals surface area contributed by atoms with Gasteiger partial charge in [-0.05, 0) is 64.3 Å². The zero-order valence-electron chi connectivity index (χ0n) is 15.0. The summed E-state index contributed by atoms with van der Waals surface area (Å²) in [5.41, 5.74) is 1.40. The highest BCUT2D eigenvalue weighted by Gasteiger charge is 2.22. The second-order valence-corrected chi connectivity index (χ2v) is 7.46. The fourth-order valence-corrected chi connectivity index (χ4v) is 3.15. The van der Waals surface area contributed by atoms with Crippen LogP contribution in [-0.2, 0) is 11.3 Å². The lowest BCUT2D eigenvalue weighted by Gasteiger charge is -2.35. The highest BCUT2D eigenvalue weighted by Crippen LogP contribution is 2.23. The van der Waals surface area contributed by atoms with Crippen LogP contribution in [0, 0.1) is 0 Å². The van der Waals surface area contributed by atoms with E-state index in [4.69, 9.17) is 4.74 Å². The number of hydrogen-bond acceptors (Lipinski definition) is 4. The first-order valence-electron chi connectivity index (χ1n) is 8.81. The molecule has 0 aromatic heterocycles. The number of nitrogens with zero attached hydrogens (tertiary/aromatic N) is 1. The van der Waals surface area contributed by atoms with Crippen molar-refractivity contribution in [1.29, 1.82) is 0 Å². The number of nitrogens with one attached hydrogen (secondary N) is 1. The summed E-state index contributed by atoms with van der Waals surface area (Å²) in [5.74, 6) is 0. The summed E-state index contributed by atoms with van der Waals surface area (Å²) in [7, 11) is 0. The molecule has 1 aromatic carbocycles. The average molecular weight is 334 g/mol. The minimum absolute atomic E-state index is 0.238. The number of hydrogen-bond donors (Lipinski definition) is 2. The van der Waals surface area contributed by atoms with E-state index in [9.17, 15) is 9.90 Å². The molecule has 0 bridgehead atoms. The normalized spacial score (nSPS) is 19.1. The van der Waals surface area contributed by atoms with Crippen molar-refractivity contribution in [3.05, 3.63) is 29.8 Å². The van der Waals surface area contributed by atoms with Crippen molar-refractivity contribution in [3.63, 3.8) is 0 Å². The molecule has 1 saturated heterocycles. The number of carbonyl (C=O) groups excluding carboxylic acids is 1. The number of piperidine rings is 1. The number of carbonyl (C=O) groups is 1. The van der Waals surface area contributed by atoms with Gasteiger partial charge in [0.2, 0.25) is 0 Å². The van der Waals surface area contributed by atoms with Gasteiger partial charge in [0.1, 0.15) is 5.60 Å². The van der Waals surface area contributed by atoms with Gasteiger partial charge in [0.25, 0.3) is 0 Å². The van der Waals surface area contributed by atoms with Crippen molar-refractivity contribution in [2.75, 3.05) is 18.5 Å². The zero-order chi connectivity index (χ0) is 17.6. The van der Waals surface area contributed by atoms with Crippen LogP contribution in [0.25, 0.3) is 0 Å². The molecule has 0 aliphatic carbocycles. The topological polar surface area (TPSA) is 61.8 Å². The summed E-state index contributed by atoms with van der Waals surface area (Å²) in [6, 6.07) is 8.34. The summed E-state index contributed by atoms with van der Waals surface area (Å²) < 4.78 is 5.29. The molecule has 1 fully saturated rings. The summed E-state index contributed by atoms with van der Waals surface area (Å²) in [5, 5.41) is 12.0. The third-order valence-electron chi connectivity index (χ3n) is 4.17. The van der Waals surface area contributed by atoms with Gasteiger partial charge in [-0.1, -0.05) is 18.6 Å². The van der Waals surface area contributed by atoms with E-state index in [1.54, 1.807) is 0 Å². The van der Waals surface area contributed by atoms with Crippen LogP contribution in [0.4, 0.5) is 10.5 Å². The molecular weight excluding hydrogens is 304 g/mol. The largest absolute Gasteiger partial charge is 0.444 e. The van der Waals surface area contributed by atoms with Crippen LogP contribution in [-0.4, -0.2) is 40.9 Å². The van der Waals surface area contributed by atoms with Crippen molar-refractivity contribution in [2.24, 2.45) is 0 Å². The van der Waals surface area contributed by atoms with E-state index in [-0.39, 0.29) is 6.61 Å². The quantitative estimate of drug-likeness (QED) is 0.860. The van der Waals surface area contributed by atoms with Gasteiger partial charge in [0.15, 0.2) is 0 Å². The molecule has 2 rings (SSSR count). The number of anilines is 1. The highest BCUT2D eigenvalue weighted by atomic mass is 16.6. The molecular formula is C19H30N2O3. The molecule has 1 aromatic rings. The molecule has 1 unspecified atom stereocenters. The second kappa shape index (κ2) is 8.49. The van der Waals surface area contributed by atoms with Gasteiger partial charge in [-0.3, -0.25) is 10.2 Å². The lowest BCUT2D eigenvalue weighted by Crippen LogP contribution is -2.39. The fourth-order valence-electron chi connectivity index (χ4n) is 3.15. The lowest BCUT2D eigenvalue weighted by atomic mass is 9.99. The SMILES string of the molecule is CC(C)(C)OC(=O)Nc1cccc(CN2CCCCC2CCO)c1. The first-order valence-corrected chi connectivity index (χ1v) is 8.81. The van der Waals surface area contributed by atoms with Crippen LogP contribution in [0.2, 0.25) is 0 Å². The molecule has 1 heterocycles. The molecule has 1 aliphatic heterocycles. The van der Waals surface area contributed by atoms with Gasteiger partial charge in [-0.2, -0.15) is 0 Å². The Morgan fingerprint density at radius 3 is 2.88 bits per heavy atom. The van der Waals surface area contributed by atoms with E-state index in [2.05, 4.69) is 16.3 Å². The maximum atomic E-state index is 11.9. The van der Waals surface area contributed by atoms with Gasteiger partial charge in [-0.25, -0.2) is 4.79 Å². The van der Waals surface area contributed by atoms with Crippen LogP contribution in [0.3, 0.4) is 0 Å². The predicted molar refractivity (Wildman–Crippen MR) is 96.1 cm³/mol. The first kappa shape index (κ1) is 18.7. The molecule has 0 spiro atoms. The van der Waals surface area contributed by atoms with Gasteiger partial charge >= 0.3 is 6.09 Å². The molecule has 0 saturated carbocycles. The Morgan fingerprint density at radius 2 is 2.17 bits per heavy atom. The van der Waals surface area contributed by atoms with Crippen molar-refractivity contribution >= 4 is 11.8 Å². The number of amides is 1. The van der Waals surface area contributed by atoms with Crippen LogP contribution < -0.4 is 5.32 Å². The molecule has 0 radical (unpaired) electrons. The lowest BCUT2D eigenvalue weighted by molar-refractivity contribution is 0.0636. The van der Waals surface area contributed by atoms with Crippen LogP contribution in [0.1, 0.15) is 52.0 Å². The van der Waals surface area contributed by atoms with Crippen LogP contribution >= 0.6 is 0 Å². The van der Waals surface area contributed by atoms with Gasteiger partial charge < -0.3 is 9.84 Å². The maximum absolute atomic E-state index is 11.9. The molecule has 2 N–H and O–H groups in total. The number of rotatable bonds is 5.